The van der Waals surface area contributed by atoms with Crippen LogP contribution in [0.25, 0.3) is 0 Å². The maximum Gasteiger partial charge on any atom is 0.171 e. The molecule has 0 saturated carbocycles. The Morgan fingerprint density at radius 2 is 1.90 bits per heavy atom. The minimum atomic E-state index is -0.910. The highest BCUT2D eigenvalue weighted by atomic mass is 16.5. The van der Waals surface area contributed by atoms with Crippen molar-refractivity contribution < 1.29 is 14.3 Å². The topological polar surface area (TPSA) is 57.5 Å². The van der Waals surface area contributed by atoms with E-state index in [2.05, 4.69) is 5.32 Å². The summed E-state index contributed by atoms with van der Waals surface area (Å²) in [6.07, 6.45) is 1.53. The number of ketones is 1. The van der Waals surface area contributed by atoms with Gasteiger partial charge in [-0.15, -0.1) is 0 Å². The highest BCUT2D eigenvalue weighted by molar-refractivity contribution is 6.00. The van der Waals surface area contributed by atoms with Gasteiger partial charge in [0.05, 0.1) is 0 Å². The number of carbonyl (C=O) groups is 1. The van der Waals surface area contributed by atoms with Crippen molar-refractivity contribution in [2.24, 2.45) is 5.92 Å². The van der Waals surface area contributed by atoms with E-state index in [0.29, 0.717) is 13.2 Å². The molecule has 2 fully saturated rings. The molecule has 4 nitrogen and oxygen atoms in total. The Hall–Kier alpha value is -1.90. The first kappa shape index (κ1) is 13.1. The maximum atomic E-state index is 12.6. The number of hydrogen-bond acceptors (Lipinski definition) is 3. The molecule has 0 N–H and O–H groups in total. The number of benzene rings is 1. The Morgan fingerprint density at radius 3 is 2.55 bits per heavy atom. The van der Waals surface area contributed by atoms with Gasteiger partial charge in [-0.2, -0.15) is 0 Å². The molecule has 1 aromatic carbocycles. The summed E-state index contributed by atoms with van der Waals surface area (Å²) < 4.78 is 5.39. The monoisotopic (exact) mass is 270 g/mol. The molecule has 2 aliphatic rings. The van der Waals surface area contributed by atoms with E-state index < -0.39 is 5.41 Å². The van der Waals surface area contributed by atoms with Crippen molar-refractivity contribution in [1.29, 1.82) is 0 Å². The van der Waals surface area contributed by atoms with Gasteiger partial charge in [0.25, 0.3) is 0 Å². The maximum absolute atomic E-state index is 12.6. The van der Waals surface area contributed by atoms with Crippen LogP contribution < -0.4 is 5.32 Å². The molecule has 2 saturated heterocycles. The Kier molecular flexibility index (Phi) is 3.43. The number of allylic oxidation sites excluding steroid dienone is 1. The molecule has 0 unspecified atom stereocenters. The van der Waals surface area contributed by atoms with E-state index in [4.69, 9.17) is 4.74 Å². The van der Waals surface area contributed by atoms with Crippen molar-refractivity contribution in [3.63, 3.8) is 0 Å². The van der Waals surface area contributed by atoms with Crippen molar-refractivity contribution in [3.8, 4) is 0 Å². The highest BCUT2D eigenvalue weighted by Crippen LogP contribution is 2.46. The Morgan fingerprint density at radius 1 is 1.20 bits per heavy atom. The predicted molar refractivity (Wildman–Crippen MR) is 72.9 cm³/mol. The summed E-state index contributed by atoms with van der Waals surface area (Å²) in [7, 11) is 0. The zero-order valence-corrected chi connectivity index (χ0v) is 11.2. The fourth-order valence-corrected chi connectivity index (χ4v) is 3.43. The van der Waals surface area contributed by atoms with E-state index in [-0.39, 0.29) is 23.9 Å². The van der Waals surface area contributed by atoms with Gasteiger partial charge in [-0.05, 0) is 24.3 Å². The highest BCUT2D eigenvalue weighted by Gasteiger charge is 2.55. The van der Waals surface area contributed by atoms with Crippen molar-refractivity contribution in [2.45, 2.75) is 18.3 Å². The lowest BCUT2D eigenvalue weighted by molar-refractivity contribution is -0.123. The van der Waals surface area contributed by atoms with Gasteiger partial charge in [-0.1, -0.05) is 30.3 Å². The van der Waals surface area contributed by atoms with Crippen molar-refractivity contribution in [3.05, 3.63) is 41.6 Å². The number of rotatable bonds is 2. The molecule has 0 aliphatic carbocycles. The smallest absolute Gasteiger partial charge is 0.171 e. The van der Waals surface area contributed by atoms with Crippen LogP contribution in [0.4, 0.5) is 0 Å². The minimum absolute atomic E-state index is 0.00829. The van der Waals surface area contributed by atoms with Gasteiger partial charge in [0.1, 0.15) is 23.6 Å². The number of Topliss-reactive ketones (excluding diaryl/α,β-unsaturated/α-hetero) is 1. The van der Waals surface area contributed by atoms with Gasteiger partial charge in [0.15, 0.2) is 5.78 Å². The van der Waals surface area contributed by atoms with Crippen LogP contribution >= 0.6 is 0 Å². The summed E-state index contributed by atoms with van der Waals surface area (Å²) in [6, 6.07) is 9.51. The van der Waals surface area contributed by atoms with Crippen molar-refractivity contribution >= 4 is 11.7 Å². The van der Waals surface area contributed by atoms with Crippen molar-refractivity contribution in [2.75, 3.05) is 19.8 Å². The summed E-state index contributed by atoms with van der Waals surface area (Å²) in [5.74, 6) is 1.99. The lowest BCUT2D eigenvalue weighted by Gasteiger charge is -2.37. The van der Waals surface area contributed by atoms with Crippen LogP contribution in [0.1, 0.15) is 18.4 Å². The molecule has 0 amide bonds. The quantitative estimate of drug-likeness (QED) is 0.760. The standard InChI is InChI=1S/C16H16NO3/c18-11-14-16(15(19)10-17-14,12-4-2-1-3-5-12)13-6-8-20-9-7-13/h1-5,13H,6-10H2/t16-/m0/s1. The molecule has 20 heavy (non-hydrogen) atoms. The first-order valence-corrected chi connectivity index (χ1v) is 6.89. The molecular weight excluding hydrogens is 254 g/mol. The number of ether oxygens (including phenoxy) is 1. The average Bonchev–Trinajstić information content (AvgIpc) is 2.86. The lowest BCUT2D eigenvalue weighted by Crippen LogP contribution is -2.44. The Labute approximate surface area is 117 Å². The zero-order chi connectivity index (χ0) is 14.0. The van der Waals surface area contributed by atoms with E-state index in [0.717, 1.165) is 18.4 Å². The second-order valence-corrected chi connectivity index (χ2v) is 5.25. The van der Waals surface area contributed by atoms with Crippen LogP contribution in [0.2, 0.25) is 0 Å². The van der Waals surface area contributed by atoms with Gasteiger partial charge >= 0.3 is 0 Å². The summed E-state index contributed by atoms with van der Waals surface area (Å²) in [5.41, 5.74) is 0.212. The van der Waals surface area contributed by atoms with E-state index in [1.54, 1.807) is 0 Å². The Balaban J connectivity index is 2.16. The molecule has 2 aliphatic heterocycles. The molecule has 103 valence electrons. The third-order valence-electron chi connectivity index (χ3n) is 4.35. The zero-order valence-electron chi connectivity index (χ0n) is 11.2. The van der Waals surface area contributed by atoms with E-state index >= 15 is 0 Å². The third-order valence-corrected chi connectivity index (χ3v) is 4.35. The van der Waals surface area contributed by atoms with Gasteiger partial charge in [0, 0.05) is 13.2 Å². The van der Waals surface area contributed by atoms with Gasteiger partial charge in [0.2, 0.25) is 0 Å². The molecule has 3 rings (SSSR count). The van der Waals surface area contributed by atoms with Crippen LogP contribution in [0.5, 0.6) is 0 Å². The minimum Gasteiger partial charge on any atom is -0.381 e. The van der Waals surface area contributed by atoms with Crippen LogP contribution in [0.15, 0.2) is 36.0 Å². The normalized spacial score (nSPS) is 27.2. The van der Waals surface area contributed by atoms with Gasteiger partial charge in [-0.25, -0.2) is 4.79 Å². The van der Waals surface area contributed by atoms with Crippen LogP contribution in [-0.4, -0.2) is 31.5 Å². The van der Waals surface area contributed by atoms with Crippen molar-refractivity contribution in [1.82, 2.24) is 5.32 Å². The molecule has 0 bridgehead atoms. The Bertz CT molecular complexity index is 556. The SMILES string of the molecule is O=C=C1[N]CC(=O)[C@@]1(c1ccccc1)C1CCOCC1. The summed E-state index contributed by atoms with van der Waals surface area (Å²) in [6.45, 7) is 1.33. The van der Waals surface area contributed by atoms with Crippen LogP contribution in [-0.2, 0) is 19.7 Å². The molecule has 1 atom stereocenters. The van der Waals surface area contributed by atoms with Crippen LogP contribution in [0.3, 0.4) is 0 Å². The third kappa shape index (κ3) is 1.80. The predicted octanol–water partition coefficient (Wildman–Crippen LogP) is 1.25. The van der Waals surface area contributed by atoms with E-state index in [1.165, 1.54) is 0 Å². The number of nitrogens with zero attached hydrogens (tertiary/aromatic N) is 1. The summed E-state index contributed by atoms with van der Waals surface area (Å²) in [5, 5.41) is 4.14. The summed E-state index contributed by atoms with van der Waals surface area (Å²) in [4.78, 5) is 24.0. The second kappa shape index (κ2) is 5.23. The van der Waals surface area contributed by atoms with Crippen LogP contribution in [0, 0.1) is 5.92 Å². The fourth-order valence-electron chi connectivity index (χ4n) is 3.43. The van der Waals surface area contributed by atoms with Gasteiger partial charge < -0.3 is 4.74 Å². The first-order valence-electron chi connectivity index (χ1n) is 6.89. The number of carbonyl (C=O) groups excluding carboxylic acids is 2. The molecule has 0 spiro atoms. The first-order chi connectivity index (χ1) is 9.80. The molecule has 2 heterocycles. The second-order valence-electron chi connectivity index (χ2n) is 5.25. The lowest BCUT2D eigenvalue weighted by atomic mass is 9.64. The molecule has 1 aromatic rings. The van der Waals surface area contributed by atoms with E-state index in [1.807, 2.05) is 36.3 Å². The fraction of sp³-hybridized carbons (Fsp3) is 0.438. The average molecular weight is 270 g/mol. The molecule has 0 aromatic heterocycles. The molecule has 1 radical (unpaired) electrons. The molecule has 4 heteroatoms. The summed E-state index contributed by atoms with van der Waals surface area (Å²) >= 11 is 0. The molecular formula is C16H16NO3. The largest absolute Gasteiger partial charge is 0.381 e. The number of hydrogen-bond donors (Lipinski definition) is 0. The van der Waals surface area contributed by atoms with Gasteiger partial charge in [-0.3, -0.25) is 10.1 Å². The van der Waals surface area contributed by atoms with E-state index in [9.17, 15) is 9.59 Å².